The first kappa shape index (κ1) is 23.8. The molecule has 5 nitrogen and oxygen atoms in total. The second-order valence-corrected chi connectivity index (χ2v) is 9.03. The minimum Gasteiger partial charge on any atom is -0.491 e. The third-order valence-electron chi connectivity index (χ3n) is 6.13. The number of rotatable bonds is 3. The molecule has 1 heterocycles. The summed E-state index contributed by atoms with van der Waals surface area (Å²) < 4.78 is 6.24. The maximum absolute atomic E-state index is 13.6. The van der Waals surface area contributed by atoms with Crippen LogP contribution in [0.25, 0.3) is 0 Å². The van der Waals surface area contributed by atoms with Gasteiger partial charge in [0.1, 0.15) is 12.4 Å². The monoisotopic (exact) mass is 476 g/mol. The van der Waals surface area contributed by atoms with E-state index < -0.39 is 0 Å². The standard InChI is InChI=1S/C28H29ClN2O3/c1-30-16-8-9-17-31(27(32)22-12-6-3-7-13-22)24(18-21-10-4-2-5-11-21)20-34-26-15-14-23(29)19-25(26)28(30)33/h2-7,10-15,19,24H,8-9,16-18,20H2,1H3/t24-/m1/s1. The van der Waals surface area contributed by atoms with Crippen LogP contribution in [0.5, 0.6) is 5.75 Å². The smallest absolute Gasteiger partial charge is 0.257 e. The van der Waals surface area contributed by atoms with E-state index in [2.05, 4.69) is 12.1 Å². The molecule has 0 spiro atoms. The van der Waals surface area contributed by atoms with E-state index in [-0.39, 0.29) is 24.5 Å². The minimum absolute atomic E-state index is 0.0112. The number of nitrogens with zero attached hydrogens (tertiary/aromatic N) is 2. The molecule has 1 atom stereocenters. The second kappa shape index (κ2) is 11.2. The Kier molecular flexibility index (Phi) is 7.86. The van der Waals surface area contributed by atoms with E-state index >= 15 is 0 Å². The van der Waals surface area contributed by atoms with Crippen molar-refractivity contribution in [3.63, 3.8) is 0 Å². The highest BCUT2D eigenvalue weighted by Crippen LogP contribution is 2.26. The van der Waals surface area contributed by atoms with Gasteiger partial charge >= 0.3 is 0 Å². The molecule has 6 heteroatoms. The summed E-state index contributed by atoms with van der Waals surface area (Å²) in [7, 11) is 1.78. The topological polar surface area (TPSA) is 49.9 Å². The molecular weight excluding hydrogens is 448 g/mol. The number of fused-ring (bicyclic) bond motifs is 1. The average Bonchev–Trinajstić information content (AvgIpc) is 2.87. The lowest BCUT2D eigenvalue weighted by Gasteiger charge is -2.33. The zero-order chi connectivity index (χ0) is 23.9. The summed E-state index contributed by atoms with van der Waals surface area (Å²) in [5, 5.41) is 0.484. The molecule has 0 saturated carbocycles. The van der Waals surface area contributed by atoms with Gasteiger partial charge in [-0.05, 0) is 55.2 Å². The Morgan fingerprint density at radius 2 is 1.65 bits per heavy atom. The lowest BCUT2D eigenvalue weighted by atomic mass is 10.0. The fraction of sp³-hybridized carbons (Fsp3) is 0.286. The number of ether oxygens (including phenoxy) is 1. The Balaban J connectivity index is 1.70. The molecule has 3 aromatic carbocycles. The van der Waals surface area contributed by atoms with E-state index in [4.69, 9.17) is 16.3 Å². The van der Waals surface area contributed by atoms with Gasteiger partial charge in [-0.3, -0.25) is 9.59 Å². The van der Waals surface area contributed by atoms with Crippen molar-refractivity contribution in [2.75, 3.05) is 26.7 Å². The molecule has 2 amide bonds. The second-order valence-electron chi connectivity index (χ2n) is 8.59. The van der Waals surface area contributed by atoms with E-state index in [1.807, 2.05) is 53.4 Å². The fourth-order valence-corrected chi connectivity index (χ4v) is 4.43. The van der Waals surface area contributed by atoms with Crippen LogP contribution in [0.3, 0.4) is 0 Å². The lowest BCUT2D eigenvalue weighted by Crippen LogP contribution is -2.46. The number of benzene rings is 3. The molecule has 0 fully saturated rings. The normalized spacial score (nSPS) is 17.2. The van der Waals surface area contributed by atoms with Crippen molar-refractivity contribution >= 4 is 23.4 Å². The molecule has 1 aliphatic rings. The number of amides is 2. The third-order valence-corrected chi connectivity index (χ3v) is 6.36. The quantitative estimate of drug-likeness (QED) is 0.512. The molecule has 0 radical (unpaired) electrons. The molecule has 3 aromatic rings. The van der Waals surface area contributed by atoms with Gasteiger partial charge in [-0.2, -0.15) is 0 Å². The van der Waals surface area contributed by atoms with Gasteiger partial charge in [0.2, 0.25) is 0 Å². The number of hydrogen-bond acceptors (Lipinski definition) is 3. The van der Waals surface area contributed by atoms with Crippen LogP contribution in [0.15, 0.2) is 78.9 Å². The van der Waals surface area contributed by atoms with Crippen LogP contribution < -0.4 is 4.74 Å². The summed E-state index contributed by atoms with van der Waals surface area (Å²) in [4.78, 5) is 30.3. The van der Waals surface area contributed by atoms with E-state index in [0.717, 1.165) is 18.4 Å². The number of halogens is 1. The lowest BCUT2D eigenvalue weighted by molar-refractivity contribution is 0.0590. The summed E-state index contributed by atoms with van der Waals surface area (Å²) in [6, 6.07) is 24.4. The van der Waals surface area contributed by atoms with Crippen molar-refractivity contribution < 1.29 is 14.3 Å². The summed E-state index contributed by atoms with van der Waals surface area (Å²) in [6.07, 6.45) is 2.22. The van der Waals surface area contributed by atoms with Crippen molar-refractivity contribution in [2.24, 2.45) is 0 Å². The first-order valence-corrected chi connectivity index (χ1v) is 12.0. The molecule has 0 unspecified atom stereocenters. The van der Waals surface area contributed by atoms with Gasteiger partial charge in [0.15, 0.2) is 0 Å². The highest BCUT2D eigenvalue weighted by atomic mass is 35.5. The van der Waals surface area contributed by atoms with E-state index in [9.17, 15) is 9.59 Å². The molecule has 176 valence electrons. The molecular formula is C28H29ClN2O3. The van der Waals surface area contributed by atoms with Gasteiger partial charge in [0.25, 0.3) is 11.8 Å². The highest BCUT2D eigenvalue weighted by molar-refractivity contribution is 6.31. The van der Waals surface area contributed by atoms with Crippen LogP contribution in [0.1, 0.15) is 39.1 Å². The van der Waals surface area contributed by atoms with E-state index in [0.29, 0.717) is 41.4 Å². The Morgan fingerprint density at radius 3 is 2.38 bits per heavy atom. The van der Waals surface area contributed by atoms with Crippen molar-refractivity contribution in [1.29, 1.82) is 0 Å². The van der Waals surface area contributed by atoms with Gasteiger partial charge in [0.05, 0.1) is 11.6 Å². The Morgan fingerprint density at radius 1 is 0.971 bits per heavy atom. The van der Waals surface area contributed by atoms with Crippen molar-refractivity contribution in [1.82, 2.24) is 9.80 Å². The molecule has 34 heavy (non-hydrogen) atoms. The zero-order valence-electron chi connectivity index (χ0n) is 19.3. The Bertz CT molecular complexity index is 1120. The van der Waals surface area contributed by atoms with Crippen LogP contribution >= 0.6 is 11.6 Å². The van der Waals surface area contributed by atoms with Gasteiger partial charge in [0, 0.05) is 30.7 Å². The van der Waals surface area contributed by atoms with Crippen LogP contribution in [0.2, 0.25) is 5.02 Å². The van der Waals surface area contributed by atoms with Gasteiger partial charge < -0.3 is 14.5 Å². The number of carbonyl (C=O) groups is 2. The first-order chi connectivity index (χ1) is 16.5. The summed E-state index contributed by atoms with van der Waals surface area (Å²) in [6.45, 7) is 1.44. The molecule has 0 saturated heterocycles. The fourth-order valence-electron chi connectivity index (χ4n) is 4.26. The highest BCUT2D eigenvalue weighted by Gasteiger charge is 2.27. The Labute approximate surface area is 205 Å². The largest absolute Gasteiger partial charge is 0.491 e. The van der Waals surface area contributed by atoms with Gasteiger partial charge in [-0.25, -0.2) is 0 Å². The maximum Gasteiger partial charge on any atom is 0.257 e. The van der Waals surface area contributed by atoms with Gasteiger partial charge in [-0.15, -0.1) is 0 Å². The van der Waals surface area contributed by atoms with Gasteiger partial charge in [-0.1, -0.05) is 60.1 Å². The zero-order valence-corrected chi connectivity index (χ0v) is 20.1. The number of carbonyl (C=O) groups excluding carboxylic acids is 2. The third kappa shape index (κ3) is 5.78. The SMILES string of the molecule is CN1CCCCN(C(=O)c2ccccc2)[C@H](Cc2ccccc2)COc2ccc(Cl)cc2C1=O. The molecule has 0 aromatic heterocycles. The van der Waals surface area contributed by atoms with Crippen molar-refractivity contribution in [3.8, 4) is 5.75 Å². The number of hydrogen-bond donors (Lipinski definition) is 0. The summed E-state index contributed by atoms with van der Waals surface area (Å²) >= 11 is 6.20. The van der Waals surface area contributed by atoms with Crippen LogP contribution in [0, 0.1) is 0 Å². The predicted octanol–water partition coefficient (Wildman–Crippen LogP) is 5.34. The van der Waals surface area contributed by atoms with Crippen LogP contribution in [0.4, 0.5) is 0 Å². The van der Waals surface area contributed by atoms with E-state index in [1.165, 1.54) is 0 Å². The minimum atomic E-state index is -0.203. The molecule has 0 aliphatic carbocycles. The molecule has 1 aliphatic heterocycles. The average molecular weight is 477 g/mol. The van der Waals surface area contributed by atoms with Crippen LogP contribution in [-0.2, 0) is 6.42 Å². The molecule has 4 rings (SSSR count). The van der Waals surface area contributed by atoms with Crippen molar-refractivity contribution in [2.45, 2.75) is 25.3 Å². The predicted molar refractivity (Wildman–Crippen MR) is 135 cm³/mol. The van der Waals surface area contributed by atoms with E-state index in [1.54, 1.807) is 30.1 Å². The summed E-state index contributed by atoms with van der Waals surface area (Å²) in [5.41, 5.74) is 2.23. The molecule has 0 bridgehead atoms. The van der Waals surface area contributed by atoms with Crippen molar-refractivity contribution in [3.05, 3.63) is 101 Å². The van der Waals surface area contributed by atoms with Crippen LogP contribution in [-0.4, -0.2) is 54.4 Å². The molecule has 0 N–H and O–H groups in total. The first-order valence-electron chi connectivity index (χ1n) is 11.6. The maximum atomic E-state index is 13.6. The summed E-state index contributed by atoms with van der Waals surface area (Å²) in [5.74, 6) is 0.352. The Hall–Kier alpha value is -3.31.